The molecule has 0 aromatic carbocycles. The Hall–Kier alpha value is -1.57. The van der Waals surface area contributed by atoms with Crippen molar-refractivity contribution in [3.63, 3.8) is 0 Å². The smallest absolute Gasteiger partial charge is 0.342 e. The van der Waals surface area contributed by atoms with Crippen LogP contribution in [0.3, 0.4) is 0 Å². The lowest BCUT2D eigenvalue weighted by atomic mass is 10.2. The van der Waals surface area contributed by atoms with Gasteiger partial charge >= 0.3 is 11.7 Å². The summed E-state index contributed by atoms with van der Waals surface area (Å²) in [6, 6.07) is 0. The number of carbonyl (C=O) groups excluding carboxylic acids is 1. The third-order valence-electron chi connectivity index (χ3n) is 2.30. The van der Waals surface area contributed by atoms with Gasteiger partial charge in [-0.25, -0.2) is 9.89 Å². The van der Waals surface area contributed by atoms with Crippen molar-refractivity contribution in [3.05, 3.63) is 20.8 Å². The summed E-state index contributed by atoms with van der Waals surface area (Å²) in [4.78, 5) is 36.2. The number of hydrogen-bond acceptors (Lipinski definition) is 6. The number of unbranched alkanes of at least 4 members (excludes halogenated alkanes) is 1. The number of rotatable bonds is 7. The number of nitrogens with zero attached hydrogens (tertiary/aromatic N) is 1. The van der Waals surface area contributed by atoms with Crippen LogP contribution in [-0.4, -0.2) is 33.0 Å². The summed E-state index contributed by atoms with van der Waals surface area (Å²) in [5.41, 5.74) is -1.27. The molecule has 1 aromatic rings. The molecule has 1 atom stereocenters. The molecule has 0 bridgehead atoms. The van der Waals surface area contributed by atoms with Crippen LogP contribution in [0, 0.1) is 0 Å². The minimum absolute atomic E-state index is 0.0637. The highest BCUT2D eigenvalue weighted by atomic mass is 32.2. The monoisotopic (exact) mass is 287 g/mol. The van der Waals surface area contributed by atoms with Crippen LogP contribution in [0.2, 0.25) is 0 Å². The summed E-state index contributed by atoms with van der Waals surface area (Å²) in [5.74, 6) is -0.367. The Morgan fingerprint density at radius 1 is 1.42 bits per heavy atom. The first-order chi connectivity index (χ1) is 9.08. The lowest BCUT2D eigenvalue weighted by Gasteiger charge is -2.13. The molecule has 0 amide bonds. The molecule has 7 nitrogen and oxygen atoms in total. The fourth-order valence-electron chi connectivity index (χ4n) is 1.40. The van der Waals surface area contributed by atoms with Crippen molar-refractivity contribution >= 4 is 17.7 Å². The van der Waals surface area contributed by atoms with E-state index in [4.69, 9.17) is 4.74 Å². The summed E-state index contributed by atoms with van der Waals surface area (Å²) in [7, 11) is 0. The van der Waals surface area contributed by atoms with Gasteiger partial charge in [-0.15, -0.1) is 0 Å². The van der Waals surface area contributed by atoms with Crippen molar-refractivity contribution in [2.45, 2.75) is 43.4 Å². The molecule has 106 valence electrons. The zero-order valence-corrected chi connectivity index (χ0v) is 11.7. The molecule has 0 aliphatic rings. The standard InChI is InChI=1S/C11H17N3O4S/c1-3-5-6-7(10(16)18-4-2)19-9-8(15)12-11(17)14-13-9/h7H,3-6H2,1-2H3,(H2,12,14,15,17)/t7-/m1/s1. The first-order valence-electron chi connectivity index (χ1n) is 6.10. The molecular formula is C11H17N3O4S. The topological polar surface area (TPSA) is 105 Å². The largest absolute Gasteiger partial charge is 0.465 e. The van der Waals surface area contributed by atoms with Gasteiger partial charge < -0.3 is 4.74 Å². The normalized spacial score (nSPS) is 12.1. The molecule has 1 rings (SSSR count). The van der Waals surface area contributed by atoms with E-state index in [2.05, 4.69) is 15.2 Å². The Balaban J connectivity index is 2.83. The van der Waals surface area contributed by atoms with E-state index >= 15 is 0 Å². The van der Waals surface area contributed by atoms with Gasteiger partial charge in [0.2, 0.25) is 0 Å². The minimum atomic E-state index is -0.671. The third kappa shape index (κ3) is 4.90. The van der Waals surface area contributed by atoms with Crippen LogP contribution in [0.1, 0.15) is 33.1 Å². The molecule has 0 spiro atoms. The number of esters is 1. The van der Waals surface area contributed by atoms with Crippen molar-refractivity contribution in [1.82, 2.24) is 15.2 Å². The van der Waals surface area contributed by atoms with E-state index in [-0.39, 0.29) is 17.6 Å². The van der Waals surface area contributed by atoms with Gasteiger partial charge in [0.1, 0.15) is 5.25 Å². The third-order valence-corrected chi connectivity index (χ3v) is 3.52. The van der Waals surface area contributed by atoms with Gasteiger partial charge in [0.05, 0.1) is 6.61 Å². The molecule has 0 radical (unpaired) electrons. The summed E-state index contributed by atoms with van der Waals surface area (Å²) >= 11 is 1.01. The molecule has 0 unspecified atom stereocenters. The average Bonchev–Trinajstić information content (AvgIpc) is 2.37. The quantitative estimate of drug-likeness (QED) is 0.564. The van der Waals surface area contributed by atoms with Gasteiger partial charge in [-0.3, -0.25) is 14.6 Å². The highest BCUT2D eigenvalue weighted by Crippen LogP contribution is 2.23. The van der Waals surface area contributed by atoms with Gasteiger partial charge in [-0.05, 0) is 13.3 Å². The van der Waals surface area contributed by atoms with E-state index < -0.39 is 16.5 Å². The number of ether oxygens (including phenoxy) is 1. The Kier molecular flexibility index (Phi) is 6.34. The number of nitrogens with one attached hydrogen (secondary N) is 2. The molecule has 0 saturated heterocycles. The molecule has 19 heavy (non-hydrogen) atoms. The van der Waals surface area contributed by atoms with Crippen molar-refractivity contribution in [2.75, 3.05) is 6.61 Å². The van der Waals surface area contributed by atoms with Crippen LogP contribution in [0.25, 0.3) is 0 Å². The second-order valence-corrected chi connectivity index (χ2v) is 5.00. The zero-order chi connectivity index (χ0) is 14.3. The molecule has 0 fully saturated rings. The molecule has 2 N–H and O–H groups in total. The first kappa shape index (κ1) is 15.5. The first-order valence-corrected chi connectivity index (χ1v) is 6.98. The van der Waals surface area contributed by atoms with Crippen LogP contribution in [0.15, 0.2) is 14.6 Å². The van der Waals surface area contributed by atoms with E-state index in [0.717, 1.165) is 24.6 Å². The maximum absolute atomic E-state index is 11.8. The van der Waals surface area contributed by atoms with Crippen LogP contribution in [0.5, 0.6) is 0 Å². The Labute approximate surface area is 114 Å². The number of aromatic nitrogens is 3. The van der Waals surface area contributed by atoms with E-state index in [0.29, 0.717) is 6.42 Å². The maximum Gasteiger partial charge on any atom is 0.342 e. The number of carbonyl (C=O) groups is 1. The maximum atomic E-state index is 11.8. The predicted molar refractivity (Wildman–Crippen MR) is 71.3 cm³/mol. The molecule has 8 heteroatoms. The van der Waals surface area contributed by atoms with E-state index in [1.807, 2.05) is 6.92 Å². The SMILES string of the molecule is CCCC[C@@H](Sc1n[nH]c(=O)[nH]c1=O)C(=O)OCC. The van der Waals surface area contributed by atoms with E-state index in [1.54, 1.807) is 6.92 Å². The molecule has 1 heterocycles. The number of H-pyrrole nitrogens is 2. The van der Waals surface area contributed by atoms with E-state index in [9.17, 15) is 14.4 Å². The highest BCUT2D eigenvalue weighted by Gasteiger charge is 2.22. The fourth-order valence-corrected chi connectivity index (χ4v) is 2.38. The Bertz CT molecular complexity index is 525. The van der Waals surface area contributed by atoms with Gasteiger partial charge in [0.25, 0.3) is 5.56 Å². The van der Waals surface area contributed by atoms with Gasteiger partial charge in [-0.1, -0.05) is 31.5 Å². The van der Waals surface area contributed by atoms with Gasteiger partial charge in [0.15, 0.2) is 5.03 Å². The van der Waals surface area contributed by atoms with Crippen molar-refractivity contribution in [2.24, 2.45) is 0 Å². The number of thioether (sulfide) groups is 1. The summed E-state index contributed by atoms with van der Waals surface area (Å²) in [6.07, 6.45) is 2.38. The van der Waals surface area contributed by atoms with Gasteiger partial charge in [-0.2, -0.15) is 5.10 Å². The van der Waals surface area contributed by atoms with Crippen molar-refractivity contribution in [1.29, 1.82) is 0 Å². The summed E-state index contributed by atoms with van der Waals surface area (Å²) in [6.45, 7) is 4.03. The second-order valence-electron chi connectivity index (χ2n) is 3.81. The number of aromatic amines is 2. The molecule has 0 aliphatic carbocycles. The number of hydrogen-bond donors (Lipinski definition) is 2. The van der Waals surface area contributed by atoms with E-state index in [1.165, 1.54) is 0 Å². The zero-order valence-electron chi connectivity index (χ0n) is 10.9. The fraction of sp³-hybridized carbons (Fsp3) is 0.636. The summed E-state index contributed by atoms with van der Waals surface area (Å²) < 4.78 is 4.97. The van der Waals surface area contributed by atoms with Crippen LogP contribution in [-0.2, 0) is 9.53 Å². The van der Waals surface area contributed by atoms with Crippen LogP contribution < -0.4 is 11.2 Å². The van der Waals surface area contributed by atoms with Crippen molar-refractivity contribution in [3.8, 4) is 0 Å². The molecule has 0 saturated carbocycles. The molecular weight excluding hydrogens is 270 g/mol. The van der Waals surface area contributed by atoms with Crippen LogP contribution in [0.4, 0.5) is 0 Å². The summed E-state index contributed by atoms with van der Waals surface area (Å²) in [5, 5.41) is 5.36. The molecule has 0 aliphatic heterocycles. The van der Waals surface area contributed by atoms with Gasteiger partial charge in [0, 0.05) is 0 Å². The van der Waals surface area contributed by atoms with Crippen LogP contribution >= 0.6 is 11.8 Å². The Morgan fingerprint density at radius 2 is 2.16 bits per heavy atom. The molecule has 1 aromatic heterocycles. The minimum Gasteiger partial charge on any atom is -0.465 e. The predicted octanol–water partition coefficient (Wildman–Crippen LogP) is 0.672. The lowest BCUT2D eigenvalue weighted by molar-refractivity contribution is -0.142. The highest BCUT2D eigenvalue weighted by molar-refractivity contribution is 8.00. The lowest BCUT2D eigenvalue weighted by Crippen LogP contribution is -2.27. The Morgan fingerprint density at radius 3 is 2.74 bits per heavy atom. The van der Waals surface area contributed by atoms with Crippen molar-refractivity contribution < 1.29 is 9.53 Å². The average molecular weight is 287 g/mol. The second kappa shape index (κ2) is 7.78.